The summed E-state index contributed by atoms with van der Waals surface area (Å²) in [5.74, 6) is -1.68. The van der Waals surface area contributed by atoms with Gasteiger partial charge in [-0.05, 0) is 18.6 Å². The molecule has 8 nitrogen and oxygen atoms in total. The first-order valence-corrected chi connectivity index (χ1v) is 8.52. The number of Topliss-reactive ketones (excluding diaryl/α,β-unsaturated/α-hetero) is 1. The number of amides is 1. The van der Waals surface area contributed by atoms with E-state index in [1.807, 2.05) is 6.92 Å². The summed E-state index contributed by atoms with van der Waals surface area (Å²) in [6, 6.07) is 7.67. The Labute approximate surface area is 154 Å². The Morgan fingerprint density at radius 1 is 1.30 bits per heavy atom. The van der Waals surface area contributed by atoms with Crippen molar-refractivity contribution in [1.29, 1.82) is 0 Å². The number of carbonyl (C=O) groups excluding carboxylic acids is 2. The molecule has 0 saturated carbocycles. The summed E-state index contributed by atoms with van der Waals surface area (Å²) in [4.78, 5) is 36.9. The minimum absolute atomic E-state index is 0.0919. The number of nitrogens with zero attached hydrogens (tertiary/aromatic N) is 2. The van der Waals surface area contributed by atoms with Crippen molar-refractivity contribution in [2.75, 3.05) is 6.54 Å². The van der Waals surface area contributed by atoms with Crippen molar-refractivity contribution < 1.29 is 24.0 Å². The van der Waals surface area contributed by atoms with Crippen LogP contribution >= 0.6 is 0 Å². The molecule has 1 amide bonds. The van der Waals surface area contributed by atoms with E-state index < -0.39 is 28.4 Å². The van der Waals surface area contributed by atoms with Crippen molar-refractivity contribution in [3.05, 3.63) is 69.7 Å². The van der Waals surface area contributed by atoms with Crippen LogP contribution in [0.1, 0.15) is 37.1 Å². The van der Waals surface area contributed by atoms with E-state index in [2.05, 4.69) is 0 Å². The lowest BCUT2D eigenvalue weighted by Gasteiger charge is -2.22. The number of hydrogen-bond donors (Lipinski definition) is 1. The second-order valence-electron chi connectivity index (χ2n) is 6.17. The number of carbonyl (C=O) groups is 2. The first kappa shape index (κ1) is 18.4. The lowest BCUT2D eigenvalue weighted by atomic mass is 9.99. The third-order valence-corrected chi connectivity index (χ3v) is 4.44. The van der Waals surface area contributed by atoms with E-state index in [1.54, 1.807) is 12.1 Å². The van der Waals surface area contributed by atoms with E-state index in [0.717, 1.165) is 12.5 Å². The van der Waals surface area contributed by atoms with Crippen molar-refractivity contribution in [3.63, 3.8) is 0 Å². The largest absolute Gasteiger partial charge is 0.507 e. The molecule has 1 aromatic carbocycles. The molecule has 0 bridgehead atoms. The Morgan fingerprint density at radius 3 is 2.70 bits per heavy atom. The van der Waals surface area contributed by atoms with Gasteiger partial charge in [0.2, 0.25) is 0 Å². The predicted molar refractivity (Wildman–Crippen MR) is 95.7 cm³/mol. The molecule has 1 unspecified atom stereocenters. The van der Waals surface area contributed by atoms with Crippen molar-refractivity contribution in [3.8, 4) is 0 Å². The Hall–Kier alpha value is -3.42. The summed E-state index contributed by atoms with van der Waals surface area (Å²) in [7, 11) is 0. The number of benzene rings is 1. The van der Waals surface area contributed by atoms with Gasteiger partial charge in [-0.2, -0.15) is 0 Å². The van der Waals surface area contributed by atoms with Crippen molar-refractivity contribution in [1.82, 2.24) is 4.90 Å². The van der Waals surface area contributed by atoms with Crippen LogP contribution in [-0.2, 0) is 9.59 Å². The zero-order chi connectivity index (χ0) is 19.6. The Bertz CT molecular complexity index is 916. The first-order chi connectivity index (χ1) is 13.0. The topological polar surface area (TPSA) is 114 Å². The molecule has 1 N–H and O–H groups in total. The van der Waals surface area contributed by atoms with Gasteiger partial charge in [0.1, 0.15) is 17.6 Å². The number of likely N-dealkylation sites (tertiary alicyclic amines) is 1. The molecule has 1 aliphatic heterocycles. The number of nitro benzene ring substituents is 1. The van der Waals surface area contributed by atoms with E-state index >= 15 is 0 Å². The van der Waals surface area contributed by atoms with Crippen LogP contribution in [0.3, 0.4) is 0 Å². The summed E-state index contributed by atoms with van der Waals surface area (Å²) >= 11 is 0. The maximum atomic E-state index is 12.6. The summed E-state index contributed by atoms with van der Waals surface area (Å²) in [6.45, 7) is 2.29. The maximum absolute atomic E-state index is 12.6. The molecule has 1 aliphatic rings. The second kappa shape index (κ2) is 7.45. The van der Waals surface area contributed by atoms with Gasteiger partial charge in [0.15, 0.2) is 0 Å². The zero-order valence-corrected chi connectivity index (χ0v) is 14.6. The summed E-state index contributed by atoms with van der Waals surface area (Å²) in [6.07, 6.45) is 2.92. The second-order valence-corrected chi connectivity index (χ2v) is 6.17. The maximum Gasteiger partial charge on any atom is 0.295 e. The molecule has 8 heteroatoms. The van der Waals surface area contributed by atoms with Crippen LogP contribution in [0.4, 0.5) is 5.69 Å². The number of aliphatic hydroxyl groups is 1. The number of non-ortho nitro benzene ring substituents is 1. The SMILES string of the molecule is CCCCN1C(=O)C(=O)/C(=C(\O)c2cccc([N+](=O)[O-])c2)C1c1ccco1. The molecule has 0 aliphatic carbocycles. The fraction of sp³-hybridized carbons (Fsp3) is 0.263. The molecule has 27 heavy (non-hydrogen) atoms. The van der Waals surface area contributed by atoms with Gasteiger partial charge in [0.05, 0.1) is 16.8 Å². The van der Waals surface area contributed by atoms with Gasteiger partial charge in [-0.25, -0.2) is 0 Å². The van der Waals surface area contributed by atoms with Crippen molar-refractivity contribution >= 4 is 23.1 Å². The van der Waals surface area contributed by atoms with E-state index in [-0.39, 0.29) is 16.8 Å². The highest BCUT2D eigenvalue weighted by molar-refractivity contribution is 6.46. The number of furan rings is 1. The van der Waals surface area contributed by atoms with E-state index in [9.17, 15) is 24.8 Å². The third-order valence-electron chi connectivity index (χ3n) is 4.44. The first-order valence-electron chi connectivity index (χ1n) is 8.52. The number of rotatable bonds is 6. The molecule has 1 atom stereocenters. The average Bonchev–Trinajstić information content (AvgIpc) is 3.27. The number of hydrogen-bond acceptors (Lipinski definition) is 6. The van der Waals surface area contributed by atoms with Crippen molar-refractivity contribution in [2.45, 2.75) is 25.8 Å². The normalized spacial score (nSPS) is 18.9. The molecule has 1 saturated heterocycles. The molecular weight excluding hydrogens is 352 g/mol. The van der Waals surface area contributed by atoms with Gasteiger partial charge in [0.25, 0.3) is 17.4 Å². The van der Waals surface area contributed by atoms with Gasteiger partial charge in [0, 0.05) is 24.2 Å². The highest BCUT2D eigenvalue weighted by Gasteiger charge is 2.47. The predicted octanol–water partition coefficient (Wildman–Crippen LogP) is 3.41. The minimum Gasteiger partial charge on any atom is -0.507 e. The Balaban J connectivity index is 2.14. The highest BCUT2D eigenvalue weighted by Crippen LogP contribution is 2.39. The average molecular weight is 370 g/mol. The molecule has 3 rings (SSSR count). The van der Waals surface area contributed by atoms with Crippen LogP contribution in [0.2, 0.25) is 0 Å². The lowest BCUT2D eigenvalue weighted by molar-refractivity contribution is -0.384. The summed E-state index contributed by atoms with van der Waals surface area (Å²) in [5, 5.41) is 21.7. The van der Waals surface area contributed by atoms with Gasteiger partial charge in [-0.3, -0.25) is 19.7 Å². The molecule has 1 fully saturated rings. The fourth-order valence-corrected chi connectivity index (χ4v) is 3.10. The summed E-state index contributed by atoms with van der Waals surface area (Å²) in [5.41, 5.74) is -0.269. The number of unbranched alkanes of at least 4 members (excludes halogenated alkanes) is 1. The van der Waals surface area contributed by atoms with E-state index in [4.69, 9.17) is 4.42 Å². The minimum atomic E-state index is -0.870. The van der Waals surface area contributed by atoms with Crippen LogP contribution in [0, 0.1) is 10.1 Å². The number of aliphatic hydroxyl groups excluding tert-OH is 1. The smallest absolute Gasteiger partial charge is 0.295 e. The highest BCUT2D eigenvalue weighted by atomic mass is 16.6. The standard InChI is InChI=1S/C19H18N2O6/c1-2-3-9-20-16(14-8-5-10-27-14)15(18(23)19(20)24)17(22)12-6-4-7-13(11-12)21(25)26/h4-8,10-11,16,22H,2-3,9H2,1H3/b17-15-. The van der Waals surface area contributed by atoms with Gasteiger partial charge in [-0.15, -0.1) is 0 Å². The molecule has 1 aromatic heterocycles. The molecule has 140 valence electrons. The quantitative estimate of drug-likeness (QED) is 0.274. The van der Waals surface area contributed by atoms with Gasteiger partial charge >= 0.3 is 0 Å². The molecule has 2 aromatic rings. The zero-order valence-electron chi connectivity index (χ0n) is 14.6. The lowest BCUT2D eigenvalue weighted by Crippen LogP contribution is -2.30. The molecule has 0 radical (unpaired) electrons. The van der Waals surface area contributed by atoms with Crippen molar-refractivity contribution in [2.24, 2.45) is 0 Å². The van der Waals surface area contributed by atoms with Crippen LogP contribution < -0.4 is 0 Å². The molecule has 2 heterocycles. The number of ketones is 1. The van der Waals surface area contributed by atoms with Crippen LogP contribution in [0.15, 0.2) is 52.7 Å². The van der Waals surface area contributed by atoms with Crippen LogP contribution in [0.25, 0.3) is 5.76 Å². The Kier molecular flexibility index (Phi) is 5.07. The third kappa shape index (κ3) is 3.33. The van der Waals surface area contributed by atoms with Crippen LogP contribution in [-0.4, -0.2) is 33.2 Å². The van der Waals surface area contributed by atoms with E-state index in [0.29, 0.717) is 18.7 Å². The van der Waals surface area contributed by atoms with E-state index in [1.165, 1.54) is 29.4 Å². The van der Waals surface area contributed by atoms with Gasteiger partial charge in [-0.1, -0.05) is 25.5 Å². The van der Waals surface area contributed by atoms with Crippen LogP contribution in [0.5, 0.6) is 0 Å². The monoisotopic (exact) mass is 370 g/mol. The summed E-state index contributed by atoms with van der Waals surface area (Å²) < 4.78 is 5.40. The number of nitro groups is 1. The molecular formula is C19H18N2O6. The molecule has 0 spiro atoms. The Morgan fingerprint density at radius 2 is 2.07 bits per heavy atom. The van der Waals surface area contributed by atoms with Gasteiger partial charge < -0.3 is 14.4 Å². The fourth-order valence-electron chi connectivity index (χ4n) is 3.10.